The number of hydrogen-bond acceptors (Lipinski definition) is 5. The number of rotatable bonds is 3. The molecule has 0 spiro atoms. The lowest BCUT2D eigenvalue weighted by Crippen LogP contribution is -2.37. The second kappa shape index (κ2) is 7.01. The van der Waals surface area contributed by atoms with E-state index < -0.39 is 15.7 Å². The van der Waals surface area contributed by atoms with Crippen molar-refractivity contribution in [2.45, 2.75) is 11.3 Å². The quantitative estimate of drug-likeness (QED) is 0.786. The van der Waals surface area contributed by atoms with E-state index in [4.69, 9.17) is 4.74 Å². The van der Waals surface area contributed by atoms with E-state index in [1.807, 2.05) is 35.2 Å². The minimum Gasteiger partial charge on any atom is -0.496 e. The van der Waals surface area contributed by atoms with E-state index in [0.717, 1.165) is 5.69 Å². The second-order valence-electron chi connectivity index (χ2n) is 6.41. The van der Waals surface area contributed by atoms with Gasteiger partial charge < -0.3 is 9.64 Å². The number of amidine groups is 1. The molecule has 8 heteroatoms. The van der Waals surface area contributed by atoms with Crippen molar-refractivity contribution in [1.82, 2.24) is 0 Å². The lowest BCUT2D eigenvalue weighted by atomic mass is 10.2. The third kappa shape index (κ3) is 3.46. The van der Waals surface area contributed by atoms with Crippen molar-refractivity contribution < 1.29 is 17.9 Å². The third-order valence-electron chi connectivity index (χ3n) is 4.64. The number of hydrogen-bond donors (Lipinski definition) is 0. The van der Waals surface area contributed by atoms with E-state index in [1.165, 1.54) is 18.9 Å². The molecule has 2 saturated heterocycles. The van der Waals surface area contributed by atoms with Crippen molar-refractivity contribution in [3.8, 4) is 5.75 Å². The number of methoxy groups -OCH3 is 1. The van der Waals surface area contributed by atoms with Gasteiger partial charge in [0.25, 0.3) is 5.91 Å². The summed E-state index contributed by atoms with van der Waals surface area (Å²) in [7, 11) is -1.57. The van der Waals surface area contributed by atoms with Gasteiger partial charge in [-0.25, -0.2) is 8.42 Å². The molecule has 0 unspecified atom stereocenters. The zero-order chi connectivity index (χ0) is 19.0. The topological polar surface area (TPSA) is 76.0 Å². The van der Waals surface area contributed by atoms with Gasteiger partial charge in [-0.3, -0.25) is 4.79 Å². The molecule has 0 N–H and O–H groups in total. The molecule has 0 bridgehead atoms. The molecule has 140 valence electrons. The van der Waals surface area contributed by atoms with Crippen molar-refractivity contribution in [3.05, 3.63) is 60.2 Å². The molecule has 6 nitrogen and oxygen atoms in total. The number of carbonyl (C=O) groups excluding carboxylic acids is 1. The number of nitrogens with zero attached hydrogens (tertiary/aromatic N) is 2. The molecular formula is C19H18N2O4S2. The minimum absolute atomic E-state index is 0.0709. The van der Waals surface area contributed by atoms with Gasteiger partial charge >= 0.3 is 0 Å². The van der Waals surface area contributed by atoms with Gasteiger partial charge in [-0.15, -0.1) is 0 Å². The largest absolute Gasteiger partial charge is 0.496 e. The predicted molar refractivity (Wildman–Crippen MR) is 108 cm³/mol. The van der Waals surface area contributed by atoms with Crippen LogP contribution in [0.25, 0.3) is 0 Å². The first-order valence-electron chi connectivity index (χ1n) is 8.46. The number of anilines is 1. The molecule has 27 heavy (non-hydrogen) atoms. The van der Waals surface area contributed by atoms with Crippen LogP contribution < -0.4 is 9.64 Å². The number of benzene rings is 2. The van der Waals surface area contributed by atoms with Gasteiger partial charge in [0.1, 0.15) is 5.75 Å². The van der Waals surface area contributed by atoms with Gasteiger partial charge in [0.15, 0.2) is 15.0 Å². The van der Waals surface area contributed by atoms with Gasteiger partial charge in [-0.2, -0.15) is 4.99 Å². The van der Waals surface area contributed by atoms with E-state index in [0.29, 0.717) is 16.5 Å². The minimum atomic E-state index is -3.08. The molecule has 2 fully saturated rings. The predicted octanol–water partition coefficient (Wildman–Crippen LogP) is 2.61. The summed E-state index contributed by atoms with van der Waals surface area (Å²) in [5, 5.41) is 0.404. The smallest absolute Gasteiger partial charge is 0.283 e. The van der Waals surface area contributed by atoms with E-state index in [9.17, 15) is 13.2 Å². The number of thioether (sulfide) groups is 1. The molecule has 0 radical (unpaired) electrons. The fraction of sp³-hybridized carbons (Fsp3) is 0.263. The van der Waals surface area contributed by atoms with Crippen LogP contribution in [-0.4, -0.2) is 49.4 Å². The number of para-hydroxylation sites is 2. The van der Waals surface area contributed by atoms with Crippen LogP contribution in [0.3, 0.4) is 0 Å². The second-order valence-corrected chi connectivity index (χ2v) is 9.77. The fourth-order valence-electron chi connectivity index (χ4n) is 3.42. The lowest BCUT2D eigenvalue weighted by Gasteiger charge is -2.24. The van der Waals surface area contributed by atoms with Crippen LogP contribution in [0.15, 0.2) is 59.6 Å². The van der Waals surface area contributed by atoms with Crippen LogP contribution in [0, 0.1) is 0 Å². The molecule has 2 aliphatic heterocycles. The highest BCUT2D eigenvalue weighted by Gasteiger charge is 2.49. The average molecular weight is 402 g/mol. The Balaban J connectivity index is 1.73. The highest BCUT2D eigenvalue weighted by molar-refractivity contribution is 8.16. The van der Waals surface area contributed by atoms with Crippen LogP contribution in [0.4, 0.5) is 5.69 Å². The summed E-state index contributed by atoms with van der Waals surface area (Å²) in [4.78, 5) is 19.0. The Labute approximate surface area is 162 Å². The van der Waals surface area contributed by atoms with Crippen molar-refractivity contribution in [1.29, 1.82) is 0 Å². The highest BCUT2D eigenvalue weighted by atomic mass is 32.2. The number of fused-ring (bicyclic) bond motifs is 1. The molecule has 0 saturated carbocycles. The van der Waals surface area contributed by atoms with Gasteiger partial charge in [0.2, 0.25) is 0 Å². The summed E-state index contributed by atoms with van der Waals surface area (Å²) in [5.74, 6) is 0.234. The number of ether oxygens (including phenoxy) is 1. The maximum Gasteiger partial charge on any atom is 0.283 e. The number of carbonyl (C=O) groups is 1. The van der Waals surface area contributed by atoms with Crippen LogP contribution >= 0.6 is 11.8 Å². The van der Waals surface area contributed by atoms with Crippen molar-refractivity contribution in [2.24, 2.45) is 4.99 Å². The monoisotopic (exact) mass is 402 g/mol. The Bertz CT molecular complexity index is 1010. The first-order chi connectivity index (χ1) is 13.0. The SMILES string of the molecule is COc1ccccc1C(=O)N=C1S[C@@H]2CS(=O)(=O)C[C@H]2N1c1ccccc1. The van der Waals surface area contributed by atoms with Crippen molar-refractivity contribution in [2.75, 3.05) is 23.5 Å². The molecule has 2 aromatic rings. The molecule has 2 heterocycles. The zero-order valence-corrected chi connectivity index (χ0v) is 16.2. The Hall–Kier alpha value is -2.32. The van der Waals surface area contributed by atoms with Crippen LogP contribution in [0.1, 0.15) is 10.4 Å². The summed E-state index contributed by atoms with van der Waals surface area (Å²) in [6.07, 6.45) is 0. The molecule has 4 rings (SSSR count). The number of sulfone groups is 1. The summed E-state index contributed by atoms with van der Waals surface area (Å²) < 4.78 is 29.4. The van der Waals surface area contributed by atoms with E-state index in [-0.39, 0.29) is 22.8 Å². The number of amides is 1. The average Bonchev–Trinajstić information content (AvgIpc) is 3.13. The molecule has 2 atom stereocenters. The lowest BCUT2D eigenvalue weighted by molar-refractivity contribution is 0.1000. The first kappa shape index (κ1) is 18.1. The normalized spacial score (nSPS) is 24.8. The van der Waals surface area contributed by atoms with E-state index in [2.05, 4.69) is 4.99 Å². The summed E-state index contributed by atoms with van der Waals surface area (Å²) in [6, 6.07) is 16.2. The Morgan fingerprint density at radius 2 is 1.81 bits per heavy atom. The van der Waals surface area contributed by atoms with Gasteiger partial charge in [-0.05, 0) is 24.3 Å². The van der Waals surface area contributed by atoms with E-state index >= 15 is 0 Å². The first-order valence-corrected chi connectivity index (χ1v) is 11.2. The summed E-state index contributed by atoms with van der Waals surface area (Å²) in [6.45, 7) is 0. The molecule has 0 aromatic heterocycles. The zero-order valence-electron chi connectivity index (χ0n) is 14.6. The standard InChI is InChI=1S/C19H18N2O4S2/c1-25-16-10-6-5-9-14(16)18(22)20-19-21(13-7-3-2-4-8-13)15-11-27(23,24)12-17(15)26-19/h2-10,15,17H,11-12H2,1H3/t15-,17-/m1/s1. The molecule has 2 aliphatic rings. The maximum atomic E-state index is 12.8. The van der Waals surface area contributed by atoms with Gasteiger partial charge in [0.05, 0.1) is 30.2 Å². The molecule has 0 aliphatic carbocycles. The van der Waals surface area contributed by atoms with Gasteiger partial charge in [0, 0.05) is 10.9 Å². The van der Waals surface area contributed by atoms with Crippen LogP contribution in [0.2, 0.25) is 0 Å². The third-order valence-corrected chi connectivity index (χ3v) is 7.85. The van der Waals surface area contributed by atoms with Crippen molar-refractivity contribution in [3.63, 3.8) is 0 Å². The Kier molecular flexibility index (Phi) is 4.69. The van der Waals surface area contributed by atoms with Gasteiger partial charge in [-0.1, -0.05) is 42.1 Å². The Morgan fingerprint density at radius 1 is 1.11 bits per heavy atom. The fourth-order valence-corrected chi connectivity index (χ4v) is 7.34. The highest BCUT2D eigenvalue weighted by Crippen LogP contribution is 2.41. The van der Waals surface area contributed by atoms with Crippen molar-refractivity contribution >= 4 is 38.4 Å². The Morgan fingerprint density at radius 3 is 2.56 bits per heavy atom. The molecule has 2 aromatic carbocycles. The van der Waals surface area contributed by atoms with Crippen LogP contribution in [0.5, 0.6) is 5.75 Å². The molecule has 1 amide bonds. The van der Waals surface area contributed by atoms with Crippen LogP contribution in [-0.2, 0) is 9.84 Å². The summed E-state index contributed by atoms with van der Waals surface area (Å²) >= 11 is 1.36. The number of aliphatic imine (C=N–C) groups is 1. The maximum absolute atomic E-state index is 12.8. The summed E-state index contributed by atoms with van der Waals surface area (Å²) in [5.41, 5.74) is 1.21. The van der Waals surface area contributed by atoms with E-state index in [1.54, 1.807) is 24.3 Å². The molecular weight excluding hydrogens is 384 g/mol.